The fourth-order valence-corrected chi connectivity index (χ4v) is 2.89. The van der Waals surface area contributed by atoms with E-state index in [9.17, 15) is 9.59 Å². The number of fused-ring (bicyclic) bond motifs is 1. The molecule has 6 nitrogen and oxygen atoms in total. The summed E-state index contributed by atoms with van der Waals surface area (Å²) in [6.07, 6.45) is 2.17. The van der Waals surface area contributed by atoms with Crippen LogP contribution in [0.5, 0.6) is 0 Å². The summed E-state index contributed by atoms with van der Waals surface area (Å²) in [5.41, 5.74) is 3.22. The number of aromatic nitrogens is 1. The maximum atomic E-state index is 12.5. The molecule has 136 valence electrons. The van der Waals surface area contributed by atoms with Crippen molar-refractivity contribution in [3.8, 4) is 6.07 Å². The Bertz CT molecular complexity index is 999. The predicted octanol–water partition coefficient (Wildman–Crippen LogP) is 2.83. The molecule has 0 fully saturated rings. The van der Waals surface area contributed by atoms with Crippen molar-refractivity contribution < 1.29 is 14.3 Å². The number of nitrogens with one attached hydrogen (secondary N) is 2. The van der Waals surface area contributed by atoms with Crippen molar-refractivity contribution in [2.75, 3.05) is 0 Å². The van der Waals surface area contributed by atoms with Gasteiger partial charge in [-0.1, -0.05) is 30.3 Å². The fraction of sp³-hybridized carbons (Fsp3) is 0.190. The van der Waals surface area contributed by atoms with Crippen molar-refractivity contribution in [2.45, 2.75) is 26.0 Å². The number of esters is 1. The number of aromatic amines is 1. The van der Waals surface area contributed by atoms with Crippen LogP contribution in [0, 0.1) is 11.3 Å². The van der Waals surface area contributed by atoms with Gasteiger partial charge in [0.25, 0.3) is 0 Å². The van der Waals surface area contributed by atoms with E-state index in [1.807, 2.05) is 36.5 Å². The highest BCUT2D eigenvalue weighted by Gasteiger charge is 2.23. The van der Waals surface area contributed by atoms with Crippen molar-refractivity contribution in [1.29, 1.82) is 5.26 Å². The summed E-state index contributed by atoms with van der Waals surface area (Å²) < 4.78 is 5.38. The predicted molar refractivity (Wildman–Crippen MR) is 101 cm³/mol. The maximum absolute atomic E-state index is 12.5. The Hall–Kier alpha value is -3.59. The van der Waals surface area contributed by atoms with Gasteiger partial charge in [0.1, 0.15) is 12.6 Å². The van der Waals surface area contributed by atoms with Crippen molar-refractivity contribution in [2.24, 2.45) is 0 Å². The van der Waals surface area contributed by atoms with Crippen molar-refractivity contribution in [1.82, 2.24) is 10.3 Å². The van der Waals surface area contributed by atoms with Crippen LogP contribution in [0.1, 0.15) is 23.6 Å². The number of carbonyl (C=O) groups excluding carboxylic acids is 2. The molecule has 1 atom stereocenters. The van der Waals surface area contributed by atoms with E-state index in [0.717, 1.165) is 22.0 Å². The molecule has 0 bridgehead atoms. The van der Waals surface area contributed by atoms with E-state index in [4.69, 9.17) is 10.00 Å². The van der Waals surface area contributed by atoms with Gasteiger partial charge in [0.15, 0.2) is 0 Å². The number of hydrogen-bond donors (Lipinski definition) is 2. The third-order valence-corrected chi connectivity index (χ3v) is 4.23. The first kappa shape index (κ1) is 18.2. The molecule has 27 heavy (non-hydrogen) atoms. The van der Waals surface area contributed by atoms with Crippen molar-refractivity contribution >= 4 is 22.8 Å². The first-order valence-electron chi connectivity index (χ1n) is 8.54. The second-order valence-electron chi connectivity index (χ2n) is 6.23. The Balaban J connectivity index is 1.70. The molecule has 0 spiro atoms. The Morgan fingerprint density at radius 3 is 2.63 bits per heavy atom. The number of carbonyl (C=O) groups is 2. The SMILES string of the molecule is CC(=O)N[C@H](Cc1c[nH]c2ccccc12)C(=O)OCc1ccc(C#N)cc1. The van der Waals surface area contributed by atoms with Gasteiger partial charge in [-0.2, -0.15) is 5.26 Å². The largest absolute Gasteiger partial charge is 0.459 e. The Labute approximate surface area is 156 Å². The monoisotopic (exact) mass is 361 g/mol. The Kier molecular flexibility index (Phi) is 5.53. The third-order valence-electron chi connectivity index (χ3n) is 4.23. The molecule has 0 aliphatic rings. The minimum absolute atomic E-state index is 0.0779. The van der Waals surface area contributed by atoms with Gasteiger partial charge in [0.2, 0.25) is 5.91 Å². The fourth-order valence-electron chi connectivity index (χ4n) is 2.89. The second-order valence-corrected chi connectivity index (χ2v) is 6.23. The van der Waals surface area contributed by atoms with Crippen LogP contribution in [0.2, 0.25) is 0 Å². The second kappa shape index (κ2) is 8.19. The van der Waals surface area contributed by atoms with Crippen LogP contribution >= 0.6 is 0 Å². The van der Waals surface area contributed by atoms with Gasteiger partial charge < -0.3 is 15.0 Å². The number of hydrogen-bond acceptors (Lipinski definition) is 4. The molecule has 1 amide bonds. The van der Waals surface area contributed by atoms with Crippen LogP contribution in [0.15, 0.2) is 54.7 Å². The van der Waals surface area contributed by atoms with E-state index in [0.29, 0.717) is 12.0 Å². The van der Waals surface area contributed by atoms with E-state index in [1.54, 1.807) is 24.3 Å². The van der Waals surface area contributed by atoms with E-state index >= 15 is 0 Å². The molecule has 2 aromatic carbocycles. The van der Waals surface area contributed by atoms with E-state index in [1.165, 1.54) is 6.92 Å². The number of nitriles is 1. The van der Waals surface area contributed by atoms with E-state index in [-0.39, 0.29) is 12.5 Å². The van der Waals surface area contributed by atoms with Crippen LogP contribution in [0.3, 0.4) is 0 Å². The molecule has 0 saturated carbocycles. The number of benzene rings is 2. The number of H-pyrrole nitrogens is 1. The molecular formula is C21H19N3O3. The number of ether oxygens (including phenoxy) is 1. The molecule has 2 N–H and O–H groups in total. The lowest BCUT2D eigenvalue weighted by molar-refractivity contribution is -0.149. The van der Waals surface area contributed by atoms with E-state index in [2.05, 4.69) is 10.3 Å². The highest BCUT2D eigenvalue weighted by Crippen LogP contribution is 2.19. The van der Waals surface area contributed by atoms with Gasteiger partial charge >= 0.3 is 5.97 Å². The first-order valence-corrected chi connectivity index (χ1v) is 8.54. The summed E-state index contributed by atoms with van der Waals surface area (Å²) in [6, 6.07) is 15.8. The topological polar surface area (TPSA) is 95.0 Å². The summed E-state index contributed by atoms with van der Waals surface area (Å²) >= 11 is 0. The molecule has 1 heterocycles. The number of amides is 1. The zero-order chi connectivity index (χ0) is 19.2. The average Bonchev–Trinajstić information content (AvgIpc) is 3.08. The minimum atomic E-state index is -0.778. The zero-order valence-electron chi connectivity index (χ0n) is 14.9. The standard InChI is InChI=1S/C21H19N3O3/c1-14(25)24-20(10-17-12-23-19-5-3-2-4-18(17)19)21(26)27-13-16-8-6-15(11-22)7-9-16/h2-9,12,20,23H,10,13H2,1H3,(H,24,25)/t20-/m1/s1. The molecule has 0 radical (unpaired) electrons. The average molecular weight is 361 g/mol. The van der Waals surface area contributed by atoms with Crippen LogP contribution in [-0.2, 0) is 27.4 Å². The lowest BCUT2D eigenvalue weighted by Gasteiger charge is -2.16. The first-order chi connectivity index (χ1) is 13.1. The van der Waals surface area contributed by atoms with Crippen molar-refractivity contribution in [3.05, 3.63) is 71.4 Å². The Morgan fingerprint density at radius 2 is 1.93 bits per heavy atom. The lowest BCUT2D eigenvalue weighted by atomic mass is 10.0. The van der Waals surface area contributed by atoms with Gasteiger partial charge in [-0.15, -0.1) is 0 Å². The smallest absolute Gasteiger partial charge is 0.329 e. The van der Waals surface area contributed by atoms with Crippen LogP contribution in [-0.4, -0.2) is 22.9 Å². The van der Waals surface area contributed by atoms with Gasteiger partial charge in [0.05, 0.1) is 11.6 Å². The maximum Gasteiger partial charge on any atom is 0.329 e. The summed E-state index contributed by atoms with van der Waals surface area (Å²) in [5, 5.41) is 12.5. The summed E-state index contributed by atoms with van der Waals surface area (Å²) in [4.78, 5) is 27.2. The highest BCUT2D eigenvalue weighted by atomic mass is 16.5. The Morgan fingerprint density at radius 1 is 1.19 bits per heavy atom. The minimum Gasteiger partial charge on any atom is -0.459 e. The molecule has 0 aliphatic heterocycles. The zero-order valence-corrected chi connectivity index (χ0v) is 14.9. The summed E-state index contributed by atoms with van der Waals surface area (Å²) in [6.45, 7) is 1.45. The molecular weight excluding hydrogens is 342 g/mol. The van der Waals surface area contributed by atoms with Crippen LogP contribution in [0.4, 0.5) is 0 Å². The lowest BCUT2D eigenvalue weighted by Crippen LogP contribution is -2.42. The summed E-state index contributed by atoms with van der Waals surface area (Å²) in [5.74, 6) is -0.796. The van der Waals surface area contributed by atoms with Crippen LogP contribution in [0.25, 0.3) is 10.9 Å². The van der Waals surface area contributed by atoms with Gasteiger partial charge in [-0.05, 0) is 29.3 Å². The number of para-hydroxylation sites is 1. The van der Waals surface area contributed by atoms with Gasteiger partial charge in [-0.3, -0.25) is 4.79 Å². The van der Waals surface area contributed by atoms with Crippen LogP contribution < -0.4 is 5.32 Å². The quantitative estimate of drug-likeness (QED) is 0.660. The number of nitrogens with zero attached hydrogens (tertiary/aromatic N) is 1. The molecule has 1 aromatic heterocycles. The van der Waals surface area contributed by atoms with Gasteiger partial charge in [0, 0.05) is 30.4 Å². The summed E-state index contributed by atoms with van der Waals surface area (Å²) in [7, 11) is 0. The molecule has 0 saturated heterocycles. The molecule has 3 aromatic rings. The molecule has 0 aliphatic carbocycles. The van der Waals surface area contributed by atoms with Crippen molar-refractivity contribution in [3.63, 3.8) is 0 Å². The van der Waals surface area contributed by atoms with Gasteiger partial charge in [-0.25, -0.2) is 4.79 Å². The molecule has 6 heteroatoms. The third kappa shape index (κ3) is 4.53. The normalized spacial score (nSPS) is 11.6. The van der Waals surface area contributed by atoms with E-state index < -0.39 is 12.0 Å². The number of rotatable bonds is 6. The highest BCUT2D eigenvalue weighted by molar-refractivity contribution is 5.86. The molecule has 0 unspecified atom stereocenters. The molecule has 3 rings (SSSR count).